The highest BCUT2D eigenvalue weighted by atomic mass is 35.5. The topological polar surface area (TPSA) is 38.9 Å². The Kier molecular flexibility index (Phi) is 3.54. The fraction of sp³-hybridized carbons (Fsp3) is 0.154. The van der Waals surface area contributed by atoms with E-state index >= 15 is 0 Å². The third kappa shape index (κ3) is 2.40. The molecule has 2 rings (SSSR count). The summed E-state index contributed by atoms with van der Waals surface area (Å²) in [7, 11) is 0. The van der Waals surface area contributed by atoms with Crippen LogP contribution in [0.3, 0.4) is 0 Å². The number of nitrogens with two attached hydrogens (primary N) is 1. The number of hydrogen-bond acceptors (Lipinski definition) is 2. The molecule has 1 atom stereocenters. The van der Waals surface area contributed by atoms with Crippen LogP contribution in [-0.4, -0.2) is 11.5 Å². The number of hydrogen-bond donors (Lipinski definition) is 1. The van der Waals surface area contributed by atoms with Crippen molar-refractivity contribution in [2.24, 2.45) is 5.73 Å². The molecular formula is C13H13ClN2. The Morgan fingerprint density at radius 1 is 1.19 bits per heavy atom. The van der Waals surface area contributed by atoms with Crippen LogP contribution < -0.4 is 5.73 Å². The lowest BCUT2D eigenvalue weighted by Crippen LogP contribution is -2.14. The fourth-order valence-electron chi connectivity index (χ4n) is 1.73. The van der Waals surface area contributed by atoms with Crippen LogP contribution in [-0.2, 0) is 0 Å². The summed E-state index contributed by atoms with van der Waals surface area (Å²) in [4.78, 5) is 4.33. The van der Waals surface area contributed by atoms with Crippen LogP contribution in [0.25, 0.3) is 0 Å². The van der Waals surface area contributed by atoms with Crippen molar-refractivity contribution in [3.05, 3.63) is 64.9 Å². The Labute approximate surface area is 100 Å². The van der Waals surface area contributed by atoms with E-state index in [4.69, 9.17) is 17.3 Å². The van der Waals surface area contributed by atoms with Gasteiger partial charge in [-0.05, 0) is 29.8 Å². The van der Waals surface area contributed by atoms with Gasteiger partial charge in [-0.2, -0.15) is 0 Å². The first-order chi connectivity index (χ1) is 7.81. The minimum absolute atomic E-state index is 0.111. The van der Waals surface area contributed by atoms with Gasteiger partial charge in [-0.1, -0.05) is 29.8 Å². The van der Waals surface area contributed by atoms with E-state index in [2.05, 4.69) is 4.98 Å². The molecule has 1 heterocycles. The summed E-state index contributed by atoms with van der Waals surface area (Å²) in [6.45, 7) is 0.525. The second kappa shape index (κ2) is 5.10. The van der Waals surface area contributed by atoms with E-state index < -0.39 is 0 Å². The van der Waals surface area contributed by atoms with Crippen molar-refractivity contribution in [2.75, 3.05) is 6.54 Å². The molecule has 16 heavy (non-hydrogen) atoms. The van der Waals surface area contributed by atoms with Gasteiger partial charge in [0.05, 0.1) is 0 Å². The molecule has 0 saturated carbocycles. The van der Waals surface area contributed by atoms with Crippen LogP contribution in [0.5, 0.6) is 0 Å². The second-order valence-corrected chi connectivity index (χ2v) is 4.03. The SMILES string of the molecule is NCC(c1cccc(Cl)c1)c1ccccn1. The maximum absolute atomic E-state index is 5.97. The zero-order valence-electron chi connectivity index (χ0n) is 8.81. The highest BCUT2D eigenvalue weighted by Crippen LogP contribution is 2.23. The van der Waals surface area contributed by atoms with E-state index in [9.17, 15) is 0 Å². The highest BCUT2D eigenvalue weighted by Gasteiger charge is 2.13. The third-order valence-corrected chi connectivity index (χ3v) is 2.77. The van der Waals surface area contributed by atoms with Gasteiger partial charge in [-0.25, -0.2) is 0 Å². The first-order valence-corrected chi connectivity index (χ1v) is 5.55. The van der Waals surface area contributed by atoms with E-state index in [-0.39, 0.29) is 5.92 Å². The molecule has 3 heteroatoms. The van der Waals surface area contributed by atoms with Crippen molar-refractivity contribution < 1.29 is 0 Å². The summed E-state index contributed by atoms with van der Waals surface area (Å²) in [5.74, 6) is 0.111. The largest absolute Gasteiger partial charge is 0.329 e. The molecule has 0 amide bonds. The molecule has 0 bridgehead atoms. The summed E-state index contributed by atoms with van der Waals surface area (Å²) in [5.41, 5.74) is 7.89. The molecule has 2 N–H and O–H groups in total. The van der Waals surface area contributed by atoms with Gasteiger partial charge in [0, 0.05) is 29.4 Å². The number of nitrogens with zero attached hydrogens (tertiary/aromatic N) is 1. The first kappa shape index (κ1) is 11.1. The van der Waals surface area contributed by atoms with Gasteiger partial charge in [-0.15, -0.1) is 0 Å². The lowest BCUT2D eigenvalue weighted by atomic mass is 9.95. The molecule has 1 aromatic carbocycles. The molecule has 1 unspecified atom stereocenters. The fourth-order valence-corrected chi connectivity index (χ4v) is 1.93. The predicted molar refractivity (Wildman–Crippen MR) is 66.6 cm³/mol. The number of aromatic nitrogens is 1. The van der Waals surface area contributed by atoms with E-state index in [0.29, 0.717) is 6.54 Å². The van der Waals surface area contributed by atoms with Crippen LogP contribution in [0.1, 0.15) is 17.2 Å². The summed E-state index contributed by atoms with van der Waals surface area (Å²) in [6, 6.07) is 13.6. The van der Waals surface area contributed by atoms with Crippen molar-refractivity contribution in [3.63, 3.8) is 0 Å². The van der Waals surface area contributed by atoms with Crippen LogP contribution in [0, 0.1) is 0 Å². The molecule has 0 fully saturated rings. The minimum atomic E-state index is 0.111. The molecule has 0 saturated heterocycles. The quantitative estimate of drug-likeness (QED) is 0.884. The summed E-state index contributed by atoms with van der Waals surface area (Å²) in [6.07, 6.45) is 1.78. The lowest BCUT2D eigenvalue weighted by Gasteiger charge is -2.14. The third-order valence-electron chi connectivity index (χ3n) is 2.53. The minimum Gasteiger partial charge on any atom is -0.329 e. The Morgan fingerprint density at radius 3 is 2.69 bits per heavy atom. The first-order valence-electron chi connectivity index (χ1n) is 5.17. The lowest BCUT2D eigenvalue weighted by molar-refractivity contribution is 0.787. The number of rotatable bonds is 3. The van der Waals surface area contributed by atoms with Crippen molar-refractivity contribution in [1.82, 2.24) is 4.98 Å². The number of benzene rings is 1. The average molecular weight is 233 g/mol. The van der Waals surface area contributed by atoms with E-state index in [1.165, 1.54) is 0 Å². The monoisotopic (exact) mass is 232 g/mol. The van der Waals surface area contributed by atoms with Gasteiger partial charge in [0.2, 0.25) is 0 Å². The summed E-state index contributed by atoms with van der Waals surface area (Å²) in [5, 5.41) is 0.729. The molecule has 0 aliphatic carbocycles. The van der Waals surface area contributed by atoms with E-state index in [0.717, 1.165) is 16.3 Å². The summed E-state index contributed by atoms with van der Waals surface area (Å²) >= 11 is 5.97. The molecule has 2 nitrogen and oxygen atoms in total. The van der Waals surface area contributed by atoms with Crippen molar-refractivity contribution >= 4 is 11.6 Å². The van der Waals surface area contributed by atoms with Gasteiger partial charge in [0.15, 0.2) is 0 Å². The van der Waals surface area contributed by atoms with Crippen molar-refractivity contribution in [3.8, 4) is 0 Å². The average Bonchev–Trinajstić information content (AvgIpc) is 2.31. The maximum Gasteiger partial charge on any atom is 0.0491 e. The molecule has 0 radical (unpaired) electrons. The zero-order valence-corrected chi connectivity index (χ0v) is 9.56. The molecule has 2 aromatic rings. The molecule has 0 spiro atoms. The van der Waals surface area contributed by atoms with Crippen molar-refractivity contribution in [1.29, 1.82) is 0 Å². The van der Waals surface area contributed by atoms with Gasteiger partial charge in [0.1, 0.15) is 0 Å². The molecule has 1 aromatic heterocycles. The Morgan fingerprint density at radius 2 is 2.06 bits per heavy atom. The Balaban J connectivity index is 2.37. The number of pyridine rings is 1. The van der Waals surface area contributed by atoms with E-state index in [1.807, 2.05) is 42.5 Å². The van der Waals surface area contributed by atoms with Gasteiger partial charge in [-0.3, -0.25) is 4.98 Å². The number of halogens is 1. The molecular weight excluding hydrogens is 220 g/mol. The predicted octanol–water partition coefficient (Wildman–Crippen LogP) is 2.83. The molecule has 0 aliphatic heterocycles. The Hall–Kier alpha value is -1.38. The molecule has 0 aliphatic rings. The second-order valence-electron chi connectivity index (χ2n) is 3.60. The standard InChI is InChI=1S/C13H13ClN2/c14-11-5-3-4-10(8-11)12(9-15)13-6-1-2-7-16-13/h1-8,12H,9,15H2. The van der Waals surface area contributed by atoms with Crippen LogP contribution in [0.15, 0.2) is 48.7 Å². The van der Waals surface area contributed by atoms with Crippen molar-refractivity contribution in [2.45, 2.75) is 5.92 Å². The highest BCUT2D eigenvalue weighted by molar-refractivity contribution is 6.30. The van der Waals surface area contributed by atoms with Crippen LogP contribution in [0.4, 0.5) is 0 Å². The summed E-state index contributed by atoms with van der Waals surface area (Å²) < 4.78 is 0. The Bertz CT molecular complexity index is 456. The van der Waals surface area contributed by atoms with Crippen LogP contribution in [0.2, 0.25) is 5.02 Å². The van der Waals surface area contributed by atoms with Gasteiger partial charge in [0.25, 0.3) is 0 Å². The zero-order chi connectivity index (χ0) is 11.4. The van der Waals surface area contributed by atoms with Gasteiger partial charge >= 0.3 is 0 Å². The van der Waals surface area contributed by atoms with Gasteiger partial charge < -0.3 is 5.73 Å². The smallest absolute Gasteiger partial charge is 0.0491 e. The molecule has 82 valence electrons. The maximum atomic E-state index is 5.97. The normalized spacial score (nSPS) is 12.4. The van der Waals surface area contributed by atoms with E-state index in [1.54, 1.807) is 6.20 Å². The van der Waals surface area contributed by atoms with Crippen LogP contribution >= 0.6 is 11.6 Å².